The smallest absolute Gasteiger partial charge is 0.233 e. The van der Waals surface area contributed by atoms with E-state index in [9.17, 15) is 4.79 Å². The first kappa shape index (κ1) is 20.0. The van der Waals surface area contributed by atoms with Crippen LogP contribution in [0.4, 0.5) is 5.69 Å². The third kappa shape index (κ3) is 5.15. The number of ether oxygens (including phenoxy) is 1. The van der Waals surface area contributed by atoms with Crippen molar-refractivity contribution in [2.45, 2.75) is 32.3 Å². The van der Waals surface area contributed by atoms with Crippen molar-refractivity contribution in [1.82, 2.24) is 4.98 Å². The van der Waals surface area contributed by atoms with Gasteiger partial charge in [-0.25, -0.2) is 0 Å². The summed E-state index contributed by atoms with van der Waals surface area (Å²) in [5, 5.41) is 5.05. The molecule has 0 saturated heterocycles. The second-order valence-corrected chi connectivity index (χ2v) is 7.13. The molecule has 0 aliphatic carbocycles. The maximum atomic E-state index is 12.8. The normalized spacial score (nSPS) is 12.3. The van der Waals surface area contributed by atoms with Gasteiger partial charge in [0.25, 0.3) is 0 Å². The molecule has 0 spiro atoms. The van der Waals surface area contributed by atoms with E-state index >= 15 is 0 Å². The highest BCUT2D eigenvalue weighted by atomic mass is 16.5. The van der Waals surface area contributed by atoms with Gasteiger partial charge in [0.1, 0.15) is 0 Å². The molecule has 28 heavy (non-hydrogen) atoms. The lowest BCUT2D eigenvalue weighted by Crippen LogP contribution is -2.27. The fourth-order valence-corrected chi connectivity index (χ4v) is 3.11. The number of fused-ring (bicyclic) bond motifs is 1. The number of carbonyl (C=O) groups excluding carboxylic acids is 1. The third-order valence-electron chi connectivity index (χ3n) is 4.68. The Labute approximate surface area is 165 Å². The Kier molecular flexibility index (Phi) is 6.74. The Hall–Kier alpha value is -2.76. The molecule has 0 aliphatic rings. The van der Waals surface area contributed by atoms with Crippen LogP contribution in [-0.4, -0.2) is 30.1 Å². The molecule has 2 aromatic carbocycles. The zero-order valence-electron chi connectivity index (χ0n) is 16.4. The molecule has 1 aromatic heterocycles. The number of anilines is 1. The molecule has 5 heteroatoms. The predicted molar refractivity (Wildman–Crippen MR) is 113 cm³/mol. The van der Waals surface area contributed by atoms with E-state index in [1.54, 1.807) is 12.4 Å². The third-order valence-corrected chi connectivity index (χ3v) is 4.68. The van der Waals surface area contributed by atoms with Gasteiger partial charge in [-0.2, -0.15) is 0 Å². The van der Waals surface area contributed by atoms with Gasteiger partial charge >= 0.3 is 0 Å². The van der Waals surface area contributed by atoms with E-state index in [4.69, 9.17) is 10.5 Å². The second kappa shape index (κ2) is 9.44. The summed E-state index contributed by atoms with van der Waals surface area (Å²) >= 11 is 0. The lowest BCUT2D eigenvalue weighted by Gasteiger charge is -2.16. The van der Waals surface area contributed by atoms with Crippen LogP contribution in [0.5, 0.6) is 0 Å². The fourth-order valence-electron chi connectivity index (χ4n) is 3.11. The summed E-state index contributed by atoms with van der Waals surface area (Å²) in [6.07, 6.45) is 4.63. The lowest BCUT2D eigenvalue weighted by atomic mass is 9.96. The Morgan fingerprint density at radius 1 is 1.11 bits per heavy atom. The van der Waals surface area contributed by atoms with Crippen LogP contribution in [-0.2, 0) is 16.0 Å². The average molecular weight is 377 g/mol. The molecular weight excluding hydrogens is 350 g/mol. The number of amides is 1. The van der Waals surface area contributed by atoms with E-state index in [1.165, 1.54) is 5.56 Å². The highest BCUT2D eigenvalue weighted by Crippen LogP contribution is 2.21. The molecule has 0 aliphatic heterocycles. The van der Waals surface area contributed by atoms with Crippen LogP contribution in [0, 0.1) is 0 Å². The number of nitrogens with one attached hydrogen (secondary N) is 1. The van der Waals surface area contributed by atoms with Gasteiger partial charge in [-0.05, 0) is 55.0 Å². The van der Waals surface area contributed by atoms with Crippen molar-refractivity contribution in [3.05, 3.63) is 72.1 Å². The Morgan fingerprint density at radius 2 is 1.89 bits per heavy atom. The largest absolute Gasteiger partial charge is 0.378 e. The summed E-state index contributed by atoms with van der Waals surface area (Å²) in [5.41, 5.74) is 8.77. The van der Waals surface area contributed by atoms with Crippen molar-refractivity contribution < 1.29 is 9.53 Å². The van der Waals surface area contributed by atoms with Gasteiger partial charge < -0.3 is 15.8 Å². The molecule has 3 aromatic rings. The zero-order chi connectivity index (χ0) is 19.9. The van der Waals surface area contributed by atoms with E-state index in [0.717, 1.165) is 28.4 Å². The number of rotatable bonds is 8. The van der Waals surface area contributed by atoms with Crippen molar-refractivity contribution in [3.8, 4) is 0 Å². The number of carbonyl (C=O) groups is 1. The standard InChI is InChI=1S/C23H27N3O2/c1-16(2)28-12-10-17-3-5-18(6-4-17)22(14-24)23(27)26-21-8-7-20-15-25-11-9-19(20)13-21/h3-9,11,13,15-16,22H,10,12,14,24H2,1-2H3,(H,26,27)/t22-/m1/s1. The lowest BCUT2D eigenvalue weighted by molar-refractivity contribution is -0.117. The molecule has 1 amide bonds. The van der Waals surface area contributed by atoms with Crippen molar-refractivity contribution in [1.29, 1.82) is 0 Å². The SMILES string of the molecule is CC(C)OCCc1ccc([C@@H](CN)C(=O)Nc2ccc3cnccc3c2)cc1. The zero-order valence-corrected chi connectivity index (χ0v) is 16.4. The molecule has 1 heterocycles. The molecule has 0 radical (unpaired) electrons. The van der Waals surface area contributed by atoms with Gasteiger partial charge in [0.05, 0.1) is 18.6 Å². The van der Waals surface area contributed by atoms with Crippen LogP contribution in [0.15, 0.2) is 60.9 Å². The molecule has 0 saturated carbocycles. The number of nitrogens with two attached hydrogens (primary N) is 1. The van der Waals surface area contributed by atoms with Gasteiger partial charge in [-0.1, -0.05) is 30.3 Å². The van der Waals surface area contributed by atoms with Crippen LogP contribution in [0.2, 0.25) is 0 Å². The quantitative estimate of drug-likeness (QED) is 0.624. The maximum absolute atomic E-state index is 12.8. The molecule has 3 N–H and O–H groups in total. The van der Waals surface area contributed by atoms with Gasteiger partial charge in [0.15, 0.2) is 0 Å². The summed E-state index contributed by atoms with van der Waals surface area (Å²) in [6.45, 7) is 4.99. The van der Waals surface area contributed by atoms with Crippen molar-refractivity contribution in [2.75, 3.05) is 18.5 Å². The van der Waals surface area contributed by atoms with Crippen LogP contribution in [0.3, 0.4) is 0 Å². The summed E-state index contributed by atoms with van der Waals surface area (Å²) < 4.78 is 5.59. The number of hydrogen-bond acceptors (Lipinski definition) is 4. The van der Waals surface area contributed by atoms with Crippen LogP contribution in [0.1, 0.15) is 30.9 Å². The number of aromatic nitrogens is 1. The van der Waals surface area contributed by atoms with Crippen LogP contribution >= 0.6 is 0 Å². The average Bonchev–Trinajstić information content (AvgIpc) is 2.69. The second-order valence-electron chi connectivity index (χ2n) is 7.13. The summed E-state index contributed by atoms with van der Waals surface area (Å²) in [6, 6.07) is 15.7. The molecule has 3 rings (SSSR count). The number of nitrogens with zero attached hydrogens (tertiary/aromatic N) is 1. The minimum atomic E-state index is -0.394. The fraction of sp³-hybridized carbons (Fsp3) is 0.304. The Morgan fingerprint density at radius 3 is 2.61 bits per heavy atom. The Balaban J connectivity index is 1.66. The summed E-state index contributed by atoms with van der Waals surface area (Å²) in [7, 11) is 0. The molecule has 0 unspecified atom stereocenters. The first-order valence-electron chi connectivity index (χ1n) is 9.62. The van der Waals surface area contributed by atoms with Crippen molar-refractivity contribution in [3.63, 3.8) is 0 Å². The monoisotopic (exact) mass is 377 g/mol. The predicted octanol–water partition coefficient (Wildman–Crippen LogP) is 3.88. The van der Waals surface area contributed by atoms with Crippen molar-refractivity contribution in [2.24, 2.45) is 5.73 Å². The minimum absolute atomic E-state index is 0.105. The van der Waals surface area contributed by atoms with E-state index in [-0.39, 0.29) is 18.6 Å². The molecule has 1 atom stereocenters. The summed E-state index contributed by atoms with van der Waals surface area (Å²) in [4.78, 5) is 16.9. The Bertz CT molecular complexity index is 923. The van der Waals surface area contributed by atoms with Gasteiger partial charge in [0.2, 0.25) is 5.91 Å². The summed E-state index contributed by atoms with van der Waals surface area (Å²) in [5.74, 6) is -0.499. The van der Waals surface area contributed by atoms with E-state index in [0.29, 0.717) is 6.61 Å². The first-order chi connectivity index (χ1) is 13.6. The van der Waals surface area contributed by atoms with Gasteiger partial charge in [-0.15, -0.1) is 0 Å². The molecule has 146 valence electrons. The molecule has 5 nitrogen and oxygen atoms in total. The van der Waals surface area contributed by atoms with E-state index in [1.807, 2.05) is 62.4 Å². The van der Waals surface area contributed by atoms with Gasteiger partial charge in [-0.3, -0.25) is 9.78 Å². The first-order valence-corrected chi connectivity index (χ1v) is 9.62. The molecular formula is C23H27N3O2. The highest BCUT2D eigenvalue weighted by Gasteiger charge is 2.19. The number of hydrogen-bond donors (Lipinski definition) is 2. The minimum Gasteiger partial charge on any atom is -0.378 e. The maximum Gasteiger partial charge on any atom is 0.233 e. The number of pyridine rings is 1. The van der Waals surface area contributed by atoms with E-state index < -0.39 is 5.92 Å². The van der Waals surface area contributed by atoms with Crippen molar-refractivity contribution >= 4 is 22.4 Å². The van der Waals surface area contributed by atoms with Crippen LogP contribution in [0.25, 0.3) is 10.8 Å². The molecule has 0 bridgehead atoms. The van der Waals surface area contributed by atoms with E-state index in [2.05, 4.69) is 10.3 Å². The molecule has 0 fully saturated rings. The highest BCUT2D eigenvalue weighted by molar-refractivity contribution is 5.98. The topological polar surface area (TPSA) is 77.2 Å². The van der Waals surface area contributed by atoms with Gasteiger partial charge in [0, 0.05) is 30.0 Å². The van der Waals surface area contributed by atoms with Crippen LogP contribution < -0.4 is 11.1 Å². The number of benzene rings is 2.